The average molecular weight is 417 g/mol. The van der Waals surface area contributed by atoms with Crippen LogP contribution in [0.4, 0.5) is 5.82 Å². The number of nitrogens with zero attached hydrogens (tertiary/aromatic N) is 3. The zero-order valence-corrected chi connectivity index (χ0v) is 17.5. The molecule has 1 N–H and O–H groups in total. The van der Waals surface area contributed by atoms with Gasteiger partial charge >= 0.3 is 0 Å². The second-order valence-corrected chi connectivity index (χ2v) is 10.2. The molecular weight excluding hydrogens is 392 g/mol. The Labute approximate surface area is 169 Å². The van der Waals surface area contributed by atoms with Crippen LogP contribution in [0.25, 0.3) is 20.7 Å². The Kier molecular flexibility index (Phi) is 5.61. The van der Waals surface area contributed by atoms with Gasteiger partial charge in [0.15, 0.2) is 0 Å². The predicted octanol–water partition coefficient (Wildman–Crippen LogP) is 3.97. The number of sulfonamides is 1. The summed E-state index contributed by atoms with van der Waals surface area (Å²) < 4.78 is 26.1. The van der Waals surface area contributed by atoms with Crippen molar-refractivity contribution in [3.63, 3.8) is 0 Å². The number of hydrogen-bond donors (Lipinski definition) is 1. The van der Waals surface area contributed by atoms with Gasteiger partial charge in [0.05, 0.1) is 11.1 Å². The van der Waals surface area contributed by atoms with Crippen molar-refractivity contribution in [2.75, 3.05) is 24.2 Å². The van der Waals surface area contributed by atoms with Crippen LogP contribution in [-0.4, -0.2) is 47.6 Å². The van der Waals surface area contributed by atoms with Gasteiger partial charge < -0.3 is 5.32 Å². The summed E-state index contributed by atoms with van der Waals surface area (Å²) in [5.74, 6) is 1.06. The third-order valence-electron chi connectivity index (χ3n) is 5.04. The van der Waals surface area contributed by atoms with Crippen LogP contribution < -0.4 is 5.32 Å². The molecule has 2 aromatic heterocycles. The van der Waals surface area contributed by atoms with E-state index in [9.17, 15) is 8.42 Å². The number of nitrogens with one attached hydrogen (secondary N) is 1. The highest BCUT2D eigenvalue weighted by Gasteiger charge is 2.27. The monoisotopic (exact) mass is 416 g/mol. The first-order chi connectivity index (χ1) is 13.6. The molecule has 4 rings (SSSR count). The maximum Gasteiger partial charge on any atom is 0.214 e. The maximum absolute atomic E-state index is 12.2. The van der Waals surface area contributed by atoms with E-state index in [2.05, 4.69) is 33.5 Å². The predicted molar refractivity (Wildman–Crippen MR) is 115 cm³/mol. The molecule has 0 aliphatic carbocycles. The van der Waals surface area contributed by atoms with Gasteiger partial charge in [-0.25, -0.2) is 22.7 Å². The minimum atomic E-state index is -3.11. The van der Waals surface area contributed by atoms with Crippen molar-refractivity contribution < 1.29 is 8.42 Å². The summed E-state index contributed by atoms with van der Waals surface area (Å²) in [7, 11) is -3.11. The summed E-state index contributed by atoms with van der Waals surface area (Å²) in [4.78, 5) is 11.0. The Bertz CT molecular complexity index is 1040. The molecule has 1 aromatic carbocycles. The molecule has 1 aliphatic rings. The standard InChI is InChI=1S/C20H24N4O2S2/c1-2-12-28(25,26)24-10-8-16(9-11-24)23-19-17-13-18(15-6-4-3-5-7-15)27-20(17)22-14-21-19/h3-7,13-14,16H,2,8-12H2,1H3,(H,21,22,23). The van der Waals surface area contributed by atoms with E-state index in [0.717, 1.165) is 28.9 Å². The zero-order chi connectivity index (χ0) is 19.6. The fourth-order valence-corrected chi connectivity index (χ4v) is 6.12. The molecule has 3 heterocycles. The number of aromatic nitrogens is 2. The Hall–Kier alpha value is -2.03. The molecule has 0 amide bonds. The van der Waals surface area contributed by atoms with Crippen molar-refractivity contribution in [2.45, 2.75) is 32.2 Å². The third-order valence-corrected chi connectivity index (χ3v) is 8.21. The van der Waals surface area contributed by atoms with Crippen LogP contribution in [0.2, 0.25) is 0 Å². The summed E-state index contributed by atoms with van der Waals surface area (Å²) in [5, 5.41) is 4.55. The van der Waals surface area contributed by atoms with E-state index in [1.54, 1.807) is 22.0 Å². The minimum Gasteiger partial charge on any atom is -0.367 e. The normalized spacial score (nSPS) is 16.5. The largest absolute Gasteiger partial charge is 0.367 e. The highest BCUT2D eigenvalue weighted by atomic mass is 32.2. The van der Waals surface area contributed by atoms with Crippen LogP contribution in [0, 0.1) is 0 Å². The summed E-state index contributed by atoms with van der Waals surface area (Å²) in [6.07, 6.45) is 3.81. The van der Waals surface area contributed by atoms with Crippen LogP contribution in [0.3, 0.4) is 0 Å². The number of benzene rings is 1. The number of fused-ring (bicyclic) bond motifs is 1. The lowest BCUT2D eigenvalue weighted by Gasteiger charge is -2.31. The molecule has 1 aliphatic heterocycles. The van der Waals surface area contributed by atoms with Crippen molar-refractivity contribution >= 4 is 37.4 Å². The van der Waals surface area contributed by atoms with Crippen molar-refractivity contribution in [1.82, 2.24) is 14.3 Å². The number of rotatable bonds is 6. The highest BCUT2D eigenvalue weighted by molar-refractivity contribution is 7.89. The average Bonchev–Trinajstić information content (AvgIpc) is 3.15. The van der Waals surface area contributed by atoms with Gasteiger partial charge in [-0.1, -0.05) is 37.3 Å². The van der Waals surface area contributed by atoms with Crippen LogP contribution in [0.1, 0.15) is 26.2 Å². The van der Waals surface area contributed by atoms with E-state index in [1.807, 2.05) is 25.1 Å². The number of hydrogen-bond acceptors (Lipinski definition) is 6. The molecule has 1 saturated heterocycles. The minimum absolute atomic E-state index is 0.214. The maximum atomic E-state index is 12.2. The molecule has 0 radical (unpaired) electrons. The van der Waals surface area contributed by atoms with Gasteiger partial charge in [-0.2, -0.15) is 0 Å². The van der Waals surface area contributed by atoms with E-state index in [0.29, 0.717) is 19.5 Å². The van der Waals surface area contributed by atoms with Crippen molar-refractivity contribution in [3.05, 3.63) is 42.7 Å². The van der Waals surface area contributed by atoms with Crippen molar-refractivity contribution in [3.8, 4) is 10.4 Å². The molecule has 0 bridgehead atoms. The van der Waals surface area contributed by atoms with Gasteiger partial charge in [-0.15, -0.1) is 11.3 Å². The summed E-state index contributed by atoms with van der Waals surface area (Å²) in [6.45, 7) is 3.02. The van der Waals surface area contributed by atoms with E-state index in [4.69, 9.17) is 0 Å². The van der Waals surface area contributed by atoms with Gasteiger partial charge in [0.2, 0.25) is 10.0 Å². The molecule has 148 valence electrons. The Morgan fingerprint density at radius 3 is 2.64 bits per heavy atom. The van der Waals surface area contributed by atoms with E-state index < -0.39 is 10.0 Å². The second-order valence-electron chi connectivity index (χ2n) is 7.05. The first kappa shape index (κ1) is 19.3. The summed E-state index contributed by atoms with van der Waals surface area (Å²) >= 11 is 1.66. The molecule has 0 unspecified atom stereocenters. The molecule has 1 fully saturated rings. The van der Waals surface area contributed by atoms with Gasteiger partial charge in [-0.3, -0.25) is 0 Å². The topological polar surface area (TPSA) is 75.2 Å². The first-order valence-electron chi connectivity index (χ1n) is 9.61. The Morgan fingerprint density at radius 1 is 1.18 bits per heavy atom. The lowest BCUT2D eigenvalue weighted by molar-refractivity contribution is 0.329. The Morgan fingerprint density at radius 2 is 1.93 bits per heavy atom. The molecule has 28 heavy (non-hydrogen) atoms. The molecule has 6 nitrogen and oxygen atoms in total. The zero-order valence-electron chi connectivity index (χ0n) is 15.8. The number of thiophene rings is 1. The lowest BCUT2D eigenvalue weighted by Crippen LogP contribution is -2.43. The van der Waals surface area contributed by atoms with E-state index >= 15 is 0 Å². The van der Waals surface area contributed by atoms with Gasteiger partial charge in [-0.05, 0) is 30.9 Å². The molecule has 0 atom stereocenters. The highest BCUT2D eigenvalue weighted by Crippen LogP contribution is 2.35. The van der Waals surface area contributed by atoms with Crippen LogP contribution in [-0.2, 0) is 10.0 Å². The fraction of sp³-hybridized carbons (Fsp3) is 0.400. The van der Waals surface area contributed by atoms with Gasteiger partial charge in [0, 0.05) is 24.0 Å². The van der Waals surface area contributed by atoms with Crippen molar-refractivity contribution in [1.29, 1.82) is 0 Å². The van der Waals surface area contributed by atoms with E-state index in [-0.39, 0.29) is 11.8 Å². The van der Waals surface area contributed by atoms with Crippen LogP contribution in [0.15, 0.2) is 42.7 Å². The Balaban J connectivity index is 1.49. The third kappa shape index (κ3) is 4.04. The summed E-state index contributed by atoms with van der Waals surface area (Å²) in [6, 6.07) is 12.6. The molecule has 8 heteroatoms. The number of piperidine rings is 1. The van der Waals surface area contributed by atoms with Gasteiger partial charge in [0.1, 0.15) is 17.0 Å². The second kappa shape index (κ2) is 8.14. The van der Waals surface area contributed by atoms with E-state index in [1.165, 1.54) is 10.4 Å². The fourth-order valence-electron chi connectivity index (χ4n) is 3.57. The lowest BCUT2D eigenvalue weighted by atomic mass is 10.1. The smallest absolute Gasteiger partial charge is 0.214 e. The first-order valence-corrected chi connectivity index (χ1v) is 12.0. The quantitative estimate of drug-likeness (QED) is 0.658. The molecular formula is C20H24N4O2S2. The van der Waals surface area contributed by atoms with Crippen molar-refractivity contribution in [2.24, 2.45) is 0 Å². The molecule has 0 spiro atoms. The van der Waals surface area contributed by atoms with Crippen LogP contribution >= 0.6 is 11.3 Å². The van der Waals surface area contributed by atoms with Gasteiger partial charge in [0.25, 0.3) is 0 Å². The van der Waals surface area contributed by atoms with Crippen LogP contribution in [0.5, 0.6) is 0 Å². The summed E-state index contributed by atoms with van der Waals surface area (Å²) in [5.41, 5.74) is 1.17. The number of anilines is 1. The SMILES string of the molecule is CCCS(=O)(=O)N1CCC(Nc2ncnc3sc(-c4ccccc4)cc23)CC1. The molecule has 3 aromatic rings. The molecule has 0 saturated carbocycles.